The first-order chi connectivity index (χ1) is 5.54. The molecular formula is C4H10N2O6Pd. The Morgan fingerprint density at radius 3 is 1.15 bits per heavy atom. The molecule has 0 aromatic rings. The number of carboxylic acid groups (broad SMARTS) is 2. The molecular weight excluding hydrogens is 278 g/mol. The number of hydroxylamine groups is 2. The van der Waals surface area contributed by atoms with Crippen LogP contribution in [0.3, 0.4) is 0 Å². The van der Waals surface area contributed by atoms with Crippen LogP contribution in [0.1, 0.15) is 0 Å². The van der Waals surface area contributed by atoms with E-state index in [9.17, 15) is 9.59 Å². The summed E-state index contributed by atoms with van der Waals surface area (Å²) in [5.74, 6) is -2.14. The quantitative estimate of drug-likeness (QED) is 0.260. The number of rotatable bonds is 4. The molecule has 0 aliphatic rings. The SMILES string of the molecule is O=C(O)CNO.O=C(O)CNO.[Pd]. The van der Waals surface area contributed by atoms with Gasteiger partial charge in [-0.25, -0.2) is 0 Å². The monoisotopic (exact) mass is 288 g/mol. The van der Waals surface area contributed by atoms with Crippen LogP contribution in [0, 0.1) is 0 Å². The van der Waals surface area contributed by atoms with Crippen LogP contribution < -0.4 is 11.0 Å². The fourth-order valence-electron chi connectivity index (χ4n) is 0.135. The van der Waals surface area contributed by atoms with Crippen molar-refractivity contribution in [2.45, 2.75) is 0 Å². The molecule has 82 valence electrons. The zero-order valence-corrected chi connectivity index (χ0v) is 7.89. The predicted octanol–water partition coefficient (Wildman–Crippen LogP) is -1.90. The molecule has 8 nitrogen and oxygen atoms in total. The molecule has 0 spiro atoms. The van der Waals surface area contributed by atoms with Gasteiger partial charge < -0.3 is 20.6 Å². The molecule has 9 heteroatoms. The van der Waals surface area contributed by atoms with Crippen LogP contribution in [0.4, 0.5) is 0 Å². The summed E-state index contributed by atoms with van der Waals surface area (Å²) in [7, 11) is 0. The molecule has 0 saturated carbocycles. The van der Waals surface area contributed by atoms with Gasteiger partial charge in [0.2, 0.25) is 0 Å². The normalized spacial score (nSPS) is 7.54. The second-order valence-electron chi connectivity index (χ2n) is 1.46. The maximum Gasteiger partial charge on any atom is 0.319 e. The summed E-state index contributed by atoms with van der Waals surface area (Å²) in [6.07, 6.45) is 0. The number of aliphatic carboxylic acids is 2. The average Bonchev–Trinajstić information content (AvgIpc) is 1.87. The minimum Gasteiger partial charge on any atom is -0.480 e. The van der Waals surface area contributed by atoms with E-state index in [0.717, 1.165) is 0 Å². The maximum atomic E-state index is 9.38. The summed E-state index contributed by atoms with van der Waals surface area (Å²) in [5, 5.41) is 30.6. The fourth-order valence-corrected chi connectivity index (χ4v) is 0.135. The third-order valence-corrected chi connectivity index (χ3v) is 0.461. The van der Waals surface area contributed by atoms with Crippen molar-refractivity contribution in [2.75, 3.05) is 13.1 Å². The third kappa shape index (κ3) is 34.4. The van der Waals surface area contributed by atoms with Gasteiger partial charge in [-0.1, -0.05) is 0 Å². The topological polar surface area (TPSA) is 139 Å². The van der Waals surface area contributed by atoms with Gasteiger partial charge in [0, 0.05) is 20.4 Å². The van der Waals surface area contributed by atoms with Crippen molar-refractivity contribution >= 4 is 11.9 Å². The zero-order chi connectivity index (χ0) is 9.98. The largest absolute Gasteiger partial charge is 0.480 e. The van der Waals surface area contributed by atoms with E-state index in [1.165, 1.54) is 11.0 Å². The Hall–Kier alpha value is -0.558. The second kappa shape index (κ2) is 14.0. The third-order valence-electron chi connectivity index (χ3n) is 0.461. The number of hydrogen-bond acceptors (Lipinski definition) is 6. The van der Waals surface area contributed by atoms with Crippen LogP contribution in [0.2, 0.25) is 0 Å². The van der Waals surface area contributed by atoms with E-state index in [2.05, 4.69) is 0 Å². The molecule has 0 aliphatic heterocycles. The smallest absolute Gasteiger partial charge is 0.319 e. The summed E-state index contributed by atoms with van der Waals surface area (Å²) in [5.41, 5.74) is 2.94. The zero-order valence-electron chi connectivity index (χ0n) is 6.34. The van der Waals surface area contributed by atoms with E-state index in [-0.39, 0.29) is 20.4 Å². The summed E-state index contributed by atoms with van der Waals surface area (Å²) in [4.78, 5) is 18.8. The molecule has 0 unspecified atom stereocenters. The van der Waals surface area contributed by atoms with Crippen molar-refractivity contribution in [1.29, 1.82) is 0 Å². The molecule has 0 atom stereocenters. The minimum atomic E-state index is -1.07. The predicted molar refractivity (Wildman–Crippen MR) is 34.8 cm³/mol. The summed E-state index contributed by atoms with van der Waals surface area (Å²) < 4.78 is 0. The number of carboxylic acids is 2. The van der Waals surface area contributed by atoms with Crippen molar-refractivity contribution < 1.29 is 50.6 Å². The van der Waals surface area contributed by atoms with Gasteiger partial charge in [0.1, 0.15) is 13.1 Å². The van der Waals surface area contributed by atoms with Crippen LogP contribution in [-0.4, -0.2) is 45.7 Å². The molecule has 0 aliphatic carbocycles. The van der Waals surface area contributed by atoms with Crippen LogP contribution in [0.15, 0.2) is 0 Å². The number of hydrogen-bond donors (Lipinski definition) is 6. The van der Waals surface area contributed by atoms with E-state index in [4.69, 9.17) is 20.6 Å². The van der Waals surface area contributed by atoms with Gasteiger partial charge in [-0.2, -0.15) is 11.0 Å². The molecule has 0 bridgehead atoms. The summed E-state index contributed by atoms with van der Waals surface area (Å²) >= 11 is 0. The summed E-state index contributed by atoms with van der Waals surface area (Å²) in [6, 6.07) is 0. The number of carbonyl (C=O) groups is 2. The second-order valence-corrected chi connectivity index (χ2v) is 1.46. The molecule has 0 aromatic carbocycles. The van der Waals surface area contributed by atoms with Crippen molar-refractivity contribution in [3.63, 3.8) is 0 Å². The summed E-state index contributed by atoms with van der Waals surface area (Å²) in [6.45, 7) is -0.806. The Bertz CT molecular complexity index is 127. The molecule has 13 heavy (non-hydrogen) atoms. The molecule has 0 amide bonds. The van der Waals surface area contributed by atoms with Gasteiger partial charge >= 0.3 is 11.9 Å². The van der Waals surface area contributed by atoms with E-state index >= 15 is 0 Å². The Morgan fingerprint density at radius 2 is 1.15 bits per heavy atom. The van der Waals surface area contributed by atoms with E-state index in [1.807, 2.05) is 0 Å². The van der Waals surface area contributed by atoms with Crippen molar-refractivity contribution in [1.82, 2.24) is 11.0 Å². The maximum absolute atomic E-state index is 9.38. The molecule has 0 saturated heterocycles. The van der Waals surface area contributed by atoms with Gasteiger partial charge in [0.25, 0.3) is 0 Å². The van der Waals surface area contributed by atoms with Gasteiger partial charge in [0.15, 0.2) is 0 Å². The first-order valence-corrected chi connectivity index (χ1v) is 2.72. The Balaban J connectivity index is -0.000000143. The van der Waals surface area contributed by atoms with Crippen LogP contribution in [0.25, 0.3) is 0 Å². The van der Waals surface area contributed by atoms with Crippen molar-refractivity contribution in [3.8, 4) is 0 Å². The minimum absolute atomic E-state index is 0. The first-order valence-electron chi connectivity index (χ1n) is 2.72. The van der Waals surface area contributed by atoms with E-state index in [1.54, 1.807) is 0 Å². The average molecular weight is 289 g/mol. The molecule has 0 heterocycles. The number of nitrogens with one attached hydrogen (secondary N) is 2. The van der Waals surface area contributed by atoms with Gasteiger partial charge in [-0.15, -0.1) is 0 Å². The molecule has 6 N–H and O–H groups in total. The van der Waals surface area contributed by atoms with Crippen molar-refractivity contribution in [2.24, 2.45) is 0 Å². The molecule has 0 aromatic heterocycles. The Kier molecular flexibility index (Phi) is 19.7. The Labute approximate surface area is 87.1 Å². The van der Waals surface area contributed by atoms with Crippen LogP contribution in [-0.2, 0) is 30.0 Å². The van der Waals surface area contributed by atoms with Crippen molar-refractivity contribution in [3.05, 3.63) is 0 Å². The standard InChI is InChI=1S/2C2H5NO3.Pd/c2*4-2(5)1-3-6;/h2*3,6H,1H2,(H,4,5);. The first kappa shape index (κ1) is 18.3. The van der Waals surface area contributed by atoms with Gasteiger partial charge in [0.05, 0.1) is 0 Å². The molecule has 0 rings (SSSR count). The van der Waals surface area contributed by atoms with Crippen LogP contribution >= 0.6 is 0 Å². The van der Waals surface area contributed by atoms with Gasteiger partial charge in [-0.3, -0.25) is 9.59 Å². The Morgan fingerprint density at radius 1 is 0.923 bits per heavy atom. The fraction of sp³-hybridized carbons (Fsp3) is 0.500. The molecule has 0 radical (unpaired) electrons. The van der Waals surface area contributed by atoms with E-state index in [0.29, 0.717) is 0 Å². The van der Waals surface area contributed by atoms with Crippen LogP contribution in [0.5, 0.6) is 0 Å². The van der Waals surface area contributed by atoms with Gasteiger partial charge in [-0.05, 0) is 0 Å². The molecule has 0 fully saturated rings. The van der Waals surface area contributed by atoms with E-state index < -0.39 is 25.0 Å².